The number of nitrogens with zero attached hydrogens (tertiary/aromatic N) is 2. The first-order chi connectivity index (χ1) is 11.8. The second-order valence-electron chi connectivity index (χ2n) is 7.19. The summed E-state index contributed by atoms with van der Waals surface area (Å²) >= 11 is 0. The van der Waals surface area contributed by atoms with Gasteiger partial charge < -0.3 is 15.1 Å². The Hall–Kier alpha value is -1.10. The number of carbonyl (C=O) groups is 1. The molecule has 2 aliphatic rings. The first kappa shape index (κ1) is 20.2. The van der Waals surface area contributed by atoms with Crippen LogP contribution in [0.5, 0.6) is 0 Å². The summed E-state index contributed by atoms with van der Waals surface area (Å²) in [4.78, 5) is 16.7. The summed E-state index contributed by atoms with van der Waals surface area (Å²) < 4.78 is 0. The number of halogens is 1. The Kier molecular flexibility index (Phi) is 8.73. The molecule has 140 valence electrons. The molecule has 0 aliphatic carbocycles. The lowest BCUT2D eigenvalue weighted by atomic mass is 9.90. The first-order valence-electron chi connectivity index (χ1n) is 9.56. The van der Waals surface area contributed by atoms with Gasteiger partial charge in [0.15, 0.2) is 0 Å². The SMILES string of the molecule is Cl.O=C(CCN1CCC(CCc2ccccc2)CC1)N1CCNCC1. The molecule has 0 unspecified atom stereocenters. The predicted octanol–water partition coefficient (Wildman–Crippen LogP) is 2.57. The van der Waals surface area contributed by atoms with Crippen LogP contribution in [0, 0.1) is 5.92 Å². The van der Waals surface area contributed by atoms with E-state index in [4.69, 9.17) is 0 Å². The molecule has 2 fully saturated rings. The second kappa shape index (κ2) is 10.8. The number of aryl methyl sites for hydroxylation is 1. The molecule has 1 aromatic rings. The van der Waals surface area contributed by atoms with E-state index < -0.39 is 0 Å². The van der Waals surface area contributed by atoms with Gasteiger partial charge in [-0.15, -0.1) is 12.4 Å². The Morgan fingerprint density at radius 1 is 1.04 bits per heavy atom. The molecule has 0 radical (unpaired) electrons. The van der Waals surface area contributed by atoms with Crippen molar-refractivity contribution in [3.8, 4) is 0 Å². The zero-order valence-electron chi connectivity index (χ0n) is 15.2. The fourth-order valence-electron chi connectivity index (χ4n) is 3.84. The third-order valence-electron chi connectivity index (χ3n) is 5.50. The number of piperazine rings is 1. The maximum Gasteiger partial charge on any atom is 0.223 e. The standard InChI is InChI=1S/C20H31N3O.ClH/c24-20(23-16-11-21-12-17-23)10-15-22-13-8-19(9-14-22)7-6-18-4-2-1-3-5-18;/h1-5,19,21H,6-17H2;1H. The molecule has 1 aromatic carbocycles. The summed E-state index contributed by atoms with van der Waals surface area (Å²) in [5.74, 6) is 1.19. The van der Waals surface area contributed by atoms with Crippen molar-refractivity contribution < 1.29 is 4.79 Å². The first-order valence-corrected chi connectivity index (χ1v) is 9.56. The molecule has 0 spiro atoms. The molecule has 2 heterocycles. The summed E-state index contributed by atoms with van der Waals surface area (Å²) in [7, 11) is 0. The van der Waals surface area contributed by atoms with Crippen LogP contribution in [0.15, 0.2) is 30.3 Å². The van der Waals surface area contributed by atoms with Gasteiger partial charge in [0.2, 0.25) is 5.91 Å². The minimum Gasteiger partial charge on any atom is -0.340 e. The Morgan fingerprint density at radius 3 is 2.40 bits per heavy atom. The van der Waals surface area contributed by atoms with E-state index in [9.17, 15) is 4.79 Å². The van der Waals surface area contributed by atoms with Crippen LogP contribution >= 0.6 is 12.4 Å². The van der Waals surface area contributed by atoms with Gasteiger partial charge in [0.05, 0.1) is 0 Å². The number of nitrogens with one attached hydrogen (secondary N) is 1. The molecule has 1 N–H and O–H groups in total. The van der Waals surface area contributed by atoms with Gasteiger partial charge in [-0.25, -0.2) is 0 Å². The number of hydrogen-bond donors (Lipinski definition) is 1. The maximum atomic E-state index is 12.2. The fraction of sp³-hybridized carbons (Fsp3) is 0.650. The zero-order valence-corrected chi connectivity index (χ0v) is 16.0. The average molecular weight is 366 g/mol. The van der Waals surface area contributed by atoms with Gasteiger partial charge >= 0.3 is 0 Å². The van der Waals surface area contributed by atoms with Crippen molar-refractivity contribution in [1.29, 1.82) is 0 Å². The highest BCUT2D eigenvalue weighted by Gasteiger charge is 2.21. The summed E-state index contributed by atoms with van der Waals surface area (Å²) in [6.45, 7) is 6.90. The number of carbonyl (C=O) groups excluding carboxylic acids is 1. The third kappa shape index (κ3) is 6.61. The van der Waals surface area contributed by atoms with Crippen molar-refractivity contribution in [2.24, 2.45) is 5.92 Å². The van der Waals surface area contributed by atoms with Crippen molar-refractivity contribution in [2.75, 3.05) is 45.8 Å². The molecule has 0 saturated carbocycles. The highest BCUT2D eigenvalue weighted by molar-refractivity contribution is 5.85. The van der Waals surface area contributed by atoms with E-state index >= 15 is 0 Å². The van der Waals surface area contributed by atoms with Crippen molar-refractivity contribution in [2.45, 2.75) is 32.1 Å². The van der Waals surface area contributed by atoms with Crippen molar-refractivity contribution >= 4 is 18.3 Å². The van der Waals surface area contributed by atoms with Crippen LogP contribution in [-0.2, 0) is 11.2 Å². The topological polar surface area (TPSA) is 35.6 Å². The van der Waals surface area contributed by atoms with Crippen LogP contribution in [0.2, 0.25) is 0 Å². The van der Waals surface area contributed by atoms with E-state index in [0.717, 1.165) is 51.7 Å². The van der Waals surface area contributed by atoms with Gasteiger partial charge in [0.1, 0.15) is 0 Å². The van der Waals surface area contributed by atoms with Crippen LogP contribution in [0.4, 0.5) is 0 Å². The lowest BCUT2D eigenvalue weighted by Gasteiger charge is -2.33. The minimum atomic E-state index is 0. The molecule has 25 heavy (non-hydrogen) atoms. The number of hydrogen-bond acceptors (Lipinski definition) is 3. The summed E-state index contributed by atoms with van der Waals surface area (Å²) in [5.41, 5.74) is 1.46. The minimum absolute atomic E-state index is 0. The summed E-state index contributed by atoms with van der Waals surface area (Å²) in [5, 5.41) is 3.30. The molecule has 4 nitrogen and oxygen atoms in total. The molecule has 0 bridgehead atoms. The molecule has 0 aromatic heterocycles. The van der Waals surface area contributed by atoms with Gasteiger partial charge in [-0.3, -0.25) is 4.79 Å². The maximum absolute atomic E-state index is 12.2. The van der Waals surface area contributed by atoms with E-state index in [1.54, 1.807) is 0 Å². The third-order valence-corrected chi connectivity index (χ3v) is 5.50. The molecule has 1 amide bonds. The van der Waals surface area contributed by atoms with Crippen LogP contribution in [0.25, 0.3) is 0 Å². The lowest BCUT2D eigenvalue weighted by Crippen LogP contribution is -2.47. The quantitative estimate of drug-likeness (QED) is 0.841. The highest BCUT2D eigenvalue weighted by atomic mass is 35.5. The van der Waals surface area contributed by atoms with Crippen LogP contribution < -0.4 is 5.32 Å². The van der Waals surface area contributed by atoms with E-state index in [-0.39, 0.29) is 12.4 Å². The van der Waals surface area contributed by atoms with E-state index in [0.29, 0.717) is 12.3 Å². The average Bonchev–Trinajstić information content (AvgIpc) is 2.67. The van der Waals surface area contributed by atoms with Crippen molar-refractivity contribution in [3.05, 3.63) is 35.9 Å². The molecule has 5 heteroatoms. The van der Waals surface area contributed by atoms with Gasteiger partial charge in [0, 0.05) is 39.1 Å². The van der Waals surface area contributed by atoms with Crippen LogP contribution in [-0.4, -0.2) is 61.5 Å². The molecule has 2 saturated heterocycles. The van der Waals surface area contributed by atoms with E-state index in [2.05, 4.69) is 40.5 Å². The molecule has 0 atom stereocenters. The van der Waals surface area contributed by atoms with Crippen molar-refractivity contribution in [1.82, 2.24) is 15.1 Å². The molecule has 3 rings (SSSR count). The highest BCUT2D eigenvalue weighted by Crippen LogP contribution is 2.22. The Morgan fingerprint density at radius 2 is 1.72 bits per heavy atom. The van der Waals surface area contributed by atoms with Crippen molar-refractivity contribution in [3.63, 3.8) is 0 Å². The summed E-state index contributed by atoms with van der Waals surface area (Å²) in [6.07, 6.45) is 5.77. The predicted molar refractivity (Wildman–Crippen MR) is 105 cm³/mol. The second-order valence-corrected chi connectivity index (χ2v) is 7.19. The number of amides is 1. The van der Waals surface area contributed by atoms with Gasteiger partial charge in [-0.05, 0) is 50.3 Å². The van der Waals surface area contributed by atoms with Crippen LogP contribution in [0.1, 0.15) is 31.2 Å². The van der Waals surface area contributed by atoms with E-state index in [1.807, 2.05) is 4.90 Å². The smallest absolute Gasteiger partial charge is 0.223 e. The molecule has 2 aliphatic heterocycles. The number of benzene rings is 1. The Balaban J connectivity index is 0.00000225. The monoisotopic (exact) mass is 365 g/mol. The summed E-state index contributed by atoms with van der Waals surface area (Å²) in [6, 6.07) is 10.8. The van der Waals surface area contributed by atoms with Gasteiger partial charge in [0.25, 0.3) is 0 Å². The molecular weight excluding hydrogens is 334 g/mol. The normalized spacial score (nSPS) is 19.4. The van der Waals surface area contributed by atoms with Crippen LogP contribution in [0.3, 0.4) is 0 Å². The molecular formula is C20H32ClN3O. The number of rotatable bonds is 6. The lowest BCUT2D eigenvalue weighted by molar-refractivity contribution is -0.132. The zero-order chi connectivity index (χ0) is 16.6. The Labute approximate surface area is 158 Å². The van der Waals surface area contributed by atoms with Gasteiger partial charge in [-0.1, -0.05) is 30.3 Å². The number of likely N-dealkylation sites (tertiary alicyclic amines) is 1. The number of piperidine rings is 1. The van der Waals surface area contributed by atoms with E-state index in [1.165, 1.54) is 31.2 Å². The Bertz CT molecular complexity index is 497. The largest absolute Gasteiger partial charge is 0.340 e. The van der Waals surface area contributed by atoms with Gasteiger partial charge in [-0.2, -0.15) is 0 Å². The fourth-order valence-corrected chi connectivity index (χ4v) is 3.84.